The standard InChI is InChI=1S/C9H10NO3/c1-7(10(11)12)8-3-5-9(13-2)6-4-8/h3-7H,1H2,2H3. The molecule has 1 aromatic rings. The van der Waals surface area contributed by atoms with E-state index in [-0.39, 0.29) is 0 Å². The highest BCUT2D eigenvalue weighted by Crippen LogP contribution is 2.18. The molecule has 0 bridgehead atoms. The Bertz CT molecular complexity index is 294. The molecule has 0 spiro atoms. The van der Waals surface area contributed by atoms with Crippen molar-refractivity contribution in [3.05, 3.63) is 46.9 Å². The number of nitro groups is 1. The molecule has 1 unspecified atom stereocenters. The van der Waals surface area contributed by atoms with E-state index in [0.717, 1.165) is 0 Å². The van der Waals surface area contributed by atoms with E-state index >= 15 is 0 Å². The lowest BCUT2D eigenvalue weighted by molar-refractivity contribution is -0.516. The zero-order chi connectivity index (χ0) is 9.84. The molecule has 0 fully saturated rings. The molecule has 13 heavy (non-hydrogen) atoms. The molecule has 1 atom stereocenters. The summed E-state index contributed by atoms with van der Waals surface area (Å²) in [6, 6.07) is 5.72. The second-order valence-corrected chi connectivity index (χ2v) is 2.57. The molecular formula is C9H10NO3. The summed E-state index contributed by atoms with van der Waals surface area (Å²) in [5.41, 5.74) is 0.575. The number of ether oxygens (including phenoxy) is 1. The Labute approximate surface area is 76.3 Å². The second kappa shape index (κ2) is 3.89. The highest BCUT2D eigenvalue weighted by Gasteiger charge is 2.15. The number of methoxy groups -OCH3 is 1. The first-order chi connectivity index (χ1) is 6.15. The summed E-state index contributed by atoms with van der Waals surface area (Å²) in [4.78, 5) is 9.94. The summed E-state index contributed by atoms with van der Waals surface area (Å²) in [7, 11) is 1.55. The largest absolute Gasteiger partial charge is 0.497 e. The molecule has 0 amide bonds. The van der Waals surface area contributed by atoms with Gasteiger partial charge in [0, 0.05) is 17.4 Å². The molecule has 0 aliphatic heterocycles. The average Bonchev–Trinajstić information content (AvgIpc) is 2.17. The number of benzene rings is 1. The smallest absolute Gasteiger partial charge is 0.238 e. The molecule has 0 N–H and O–H groups in total. The summed E-state index contributed by atoms with van der Waals surface area (Å²) in [6.45, 7) is 3.42. The van der Waals surface area contributed by atoms with Crippen molar-refractivity contribution < 1.29 is 9.66 Å². The lowest BCUT2D eigenvalue weighted by atomic mass is 10.1. The van der Waals surface area contributed by atoms with Crippen LogP contribution in [0.3, 0.4) is 0 Å². The number of hydrogen-bond donors (Lipinski definition) is 0. The molecule has 1 radical (unpaired) electrons. The lowest BCUT2D eigenvalue weighted by Crippen LogP contribution is -2.05. The van der Waals surface area contributed by atoms with Crippen molar-refractivity contribution >= 4 is 0 Å². The van der Waals surface area contributed by atoms with Crippen LogP contribution < -0.4 is 4.74 Å². The Morgan fingerprint density at radius 3 is 2.38 bits per heavy atom. The monoisotopic (exact) mass is 180 g/mol. The fourth-order valence-corrected chi connectivity index (χ4v) is 0.948. The average molecular weight is 180 g/mol. The molecular weight excluding hydrogens is 170 g/mol. The summed E-state index contributed by atoms with van der Waals surface area (Å²) >= 11 is 0. The van der Waals surface area contributed by atoms with Crippen LogP contribution in [0.25, 0.3) is 0 Å². The maximum atomic E-state index is 10.4. The molecule has 1 rings (SSSR count). The van der Waals surface area contributed by atoms with Gasteiger partial charge in [-0.3, -0.25) is 10.1 Å². The quantitative estimate of drug-likeness (QED) is 0.526. The van der Waals surface area contributed by atoms with E-state index in [2.05, 4.69) is 6.92 Å². The van der Waals surface area contributed by atoms with Gasteiger partial charge < -0.3 is 4.74 Å². The van der Waals surface area contributed by atoms with Crippen LogP contribution in [0.1, 0.15) is 11.6 Å². The first-order valence-corrected chi connectivity index (χ1v) is 3.75. The maximum Gasteiger partial charge on any atom is 0.238 e. The van der Waals surface area contributed by atoms with Crippen LogP contribution in [0.15, 0.2) is 24.3 Å². The molecule has 0 saturated carbocycles. The van der Waals surface area contributed by atoms with Gasteiger partial charge in [-0.05, 0) is 24.3 Å². The SMILES string of the molecule is [CH2]C(c1ccc(OC)cc1)[N+](=O)[O-]. The van der Waals surface area contributed by atoms with E-state index in [4.69, 9.17) is 4.74 Å². The van der Waals surface area contributed by atoms with E-state index in [0.29, 0.717) is 11.3 Å². The Kier molecular flexibility index (Phi) is 2.84. The van der Waals surface area contributed by atoms with Crippen LogP contribution in [0.5, 0.6) is 5.75 Å². The van der Waals surface area contributed by atoms with Crippen LogP contribution in [-0.2, 0) is 0 Å². The highest BCUT2D eigenvalue weighted by molar-refractivity contribution is 5.28. The zero-order valence-corrected chi connectivity index (χ0v) is 7.27. The fourth-order valence-electron chi connectivity index (χ4n) is 0.948. The van der Waals surface area contributed by atoms with E-state index < -0.39 is 11.0 Å². The number of hydrogen-bond acceptors (Lipinski definition) is 3. The second-order valence-electron chi connectivity index (χ2n) is 2.57. The van der Waals surface area contributed by atoms with Gasteiger partial charge >= 0.3 is 0 Å². The molecule has 0 aliphatic rings. The summed E-state index contributed by atoms with van der Waals surface area (Å²) in [6.07, 6.45) is 0. The van der Waals surface area contributed by atoms with Crippen molar-refractivity contribution in [3.8, 4) is 5.75 Å². The normalized spacial score (nSPS) is 12.2. The lowest BCUT2D eigenvalue weighted by Gasteiger charge is -2.04. The Morgan fingerprint density at radius 2 is 2.00 bits per heavy atom. The summed E-state index contributed by atoms with van der Waals surface area (Å²) in [5, 5.41) is 10.4. The third kappa shape index (κ3) is 2.18. The topological polar surface area (TPSA) is 52.4 Å². The minimum Gasteiger partial charge on any atom is -0.497 e. The zero-order valence-electron chi connectivity index (χ0n) is 7.27. The summed E-state index contributed by atoms with van der Waals surface area (Å²) < 4.78 is 4.92. The predicted octanol–water partition coefficient (Wildman–Crippen LogP) is 1.85. The maximum absolute atomic E-state index is 10.4. The van der Waals surface area contributed by atoms with Crippen LogP contribution in [0, 0.1) is 17.0 Å². The molecule has 0 aliphatic carbocycles. The van der Waals surface area contributed by atoms with Gasteiger partial charge in [0.2, 0.25) is 6.04 Å². The molecule has 0 aromatic heterocycles. The molecule has 69 valence electrons. The van der Waals surface area contributed by atoms with Crippen molar-refractivity contribution in [2.45, 2.75) is 6.04 Å². The molecule has 4 nitrogen and oxygen atoms in total. The van der Waals surface area contributed by atoms with Crippen LogP contribution in [-0.4, -0.2) is 12.0 Å². The van der Waals surface area contributed by atoms with E-state index in [1.807, 2.05) is 0 Å². The third-order valence-corrected chi connectivity index (χ3v) is 1.76. The van der Waals surface area contributed by atoms with Gasteiger partial charge in [-0.2, -0.15) is 0 Å². The molecule has 0 saturated heterocycles. The van der Waals surface area contributed by atoms with Crippen molar-refractivity contribution in [1.82, 2.24) is 0 Å². The first kappa shape index (κ1) is 9.51. The van der Waals surface area contributed by atoms with Gasteiger partial charge in [0.15, 0.2) is 0 Å². The van der Waals surface area contributed by atoms with Crippen molar-refractivity contribution in [3.63, 3.8) is 0 Å². The van der Waals surface area contributed by atoms with Crippen molar-refractivity contribution in [2.75, 3.05) is 7.11 Å². The molecule has 0 heterocycles. The predicted molar refractivity (Wildman–Crippen MR) is 48.1 cm³/mol. The fraction of sp³-hybridized carbons (Fsp3) is 0.222. The van der Waals surface area contributed by atoms with Gasteiger partial charge in [-0.25, -0.2) is 0 Å². The third-order valence-electron chi connectivity index (χ3n) is 1.76. The van der Waals surface area contributed by atoms with Crippen LogP contribution in [0.4, 0.5) is 0 Å². The minimum atomic E-state index is -0.911. The minimum absolute atomic E-state index is 0.429. The van der Waals surface area contributed by atoms with Crippen LogP contribution >= 0.6 is 0 Å². The summed E-state index contributed by atoms with van der Waals surface area (Å²) in [5.74, 6) is 0.680. The number of rotatable bonds is 3. The van der Waals surface area contributed by atoms with E-state index in [1.54, 1.807) is 31.4 Å². The Morgan fingerprint density at radius 1 is 1.46 bits per heavy atom. The number of nitrogens with zero attached hydrogens (tertiary/aromatic N) is 1. The van der Waals surface area contributed by atoms with Gasteiger partial charge in [-0.15, -0.1) is 0 Å². The van der Waals surface area contributed by atoms with Crippen molar-refractivity contribution in [2.24, 2.45) is 0 Å². The van der Waals surface area contributed by atoms with Crippen molar-refractivity contribution in [1.29, 1.82) is 0 Å². The van der Waals surface area contributed by atoms with E-state index in [1.165, 1.54) is 0 Å². The highest BCUT2D eigenvalue weighted by atomic mass is 16.6. The first-order valence-electron chi connectivity index (χ1n) is 3.75. The van der Waals surface area contributed by atoms with Gasteiger partial charge in [0.05, 0.1) is 7.11 Å². The van der Waals surface area contributed by atoms with Gasteiger partial charge in [0.1, 0.15) is 5.75 Å². The Balaban J connectivity index is 2.85. The van der Waals surface area contributed by atoms with Crippen LogP contribution in [0.2, 0.25) is 0 Å². The molecule has 1 aromatic carbocycles. The Hall–Kier alpha value is -1.58. The van der Waals surface area contributed by atoms with Gasteiger partial charge in [-0.1, -0.05) is 0 Å². The molecule has 4 heteroatoms. The van der Waals surface area contributed by atoms with E-state index in [9.17, 15) is 10.1 Å². The van der Waals surface area contributed by atoms with Gasteiger partial charge in [0.25, 0.3) is 0 Å².